The summed E-state index contributed by atoms with van der Waals surface area (Å²) in [7, 11) is 0. The van der Waals surface area contributed by atoms with Gasteiger partial charge in [0.25, 0.3) is 0 Å². The van der Waals surface area contributed by atoms with Gasteiger partial charge in [-0.15, -0.1) is 0 Å². The number of hydrogen-bond donors (Lipinski definition) is 1. The van der Waals surface area contributed by atoms with Crippen LogP contribution in [-0.4, -0.2) is 24.2 Å². The van der Waals surface area contributed by atoms with Crippen LogP contribution in [0.4, 0.5) is 5.69 Å². The van der Waals surface area contributed by atoms with Crippen LogP contribution in [0.25, 0.3) is 0 Å². The number of rotatable bonds is 7. The van der Waals surface area contributed by atoms with E-state index >= 15 is 0 Å². The Balaban J connectivity index is 2.60. The Labute approximate surface area is 104 Å². The third kappa shape index (κ3) is 4.45. The van der Waals surface area contributed by atoms with E-state index in [-0.39, 0.29) is 0 Å². The highest BCUT2D eigenvalue weighted by Crippen LogP contribution is 2.15. The van der Waals surface area contributed by atoms with Crippen LogP contribution in [0, 0.1) is 0 Å². The SMILES string of the molecule is CCCN(CC)Cc1cccc(NSC)c1. The number of nitrogens with zero attached hydrogens (tertiary/aromatic N) is 1. The van der Waals surface area contributed by atoms with Gasteiger partial charge in [0, 0.05) is 18.5 Å². The summed E-state index contributed by atoms with van der Waals surface area (Å²) >= 11 is 1.63. The minimum absolute atomic E-state index is 1.05. The van der Waals surface area contributed by atoms with Gasteiger partial charge in [0.15, 0.2) is 0 Å². The summed E-state index contributed by atoms with van der Waals surface area (Å²) in [6, 6.07) is 8.66. The Bertz CT molecular complexity index is 302. The van der Waals surface area contributed by atoms with E-state index in [2.05, 4.69) is 47.7 Å². The zero-order chi connectivity index (χ0) is 11.8. The fraction of sp³-hybridized carbons (Fsp3) is 0.538. The molecule has 2 nitrogen and oxygen atoms in total. The number of hydrogen-bond acceptors (Lipinski definition) is 3. The van der Waals surface area contributed by atoms with Gasteiger partial charge in [-0.2, -0.15) is 0 Å². The number of anilines is 1. The summed E-state index contributed by atoms with van der Waals surface area (Å²) in [6.07, 6.45) is 3.26. The lowest BCUT2D eigenvalue weighted by molar-refractivity contribution is 0.280. The van der Waals surface area contributed by atoms with Crippen molar-refractivity contribution in [2.75, 3.05) is 24.1 Å². The topological polar surface area (TPSA) is 15.3 Å². The van der Waals surface area contributed by atoms with Crippen molar-refractivity contribution in [2.24, 2.45) is 0 Å². The molecule has 1 rings (SSSR count). The zero-order valence-corrected chi connectivity index (χ0v) is 11.3. The van der Waals surface area contributed by atoms with Gasteiger partial charge < -0.3 is 4.72 Å². The molecule has 1 N–H and O–H groups in total. The van der Waals surface area contributed by atoms with Gasteiger partial charge in [-0.25, -0.2) is 0 Å². The minimum atomic E-state index is 1.05. The molecule has 1 aromatic carbocycles. The second kappa shape index (κ2) is 7.58. The molecule has 0 atom stereocenters. The first-order valence-electron chi connectivity index (χ1n) is 5.90. The molecule has 0 amide bonds. The fourth-order valence-electron chi connectivity index (χ4n) is 1.77. The third-order valence-corrected chi connectivity index (χ3v) is 2.98. The maximum Gasteiger partial charge on any atom is 0.0443 e. The van der Waals surface area contributed by atoms with Crippen LogP contribution in [0.1, 0.15) is 25.8 Å². The molecule has 0 heterocycles. The molecule has 0 saturated carbocycles. The van der Waals surface area contributed by atoms with Gasteiger partial charge in [-0.3, -0.25) is 4.90 Å². The van der Waals surface area contributed by atoms with Crippen molar-refractivity contribution < 1.29 is 0 Å². The van der Waals surface area contributed by atoms with Crippen LogP contribution in [0.5, 0.6) is 0 Å². The normalized spacial score (nSPS) is 10.8. The Morgan fingerprint density at radius 2 is 2.12 bits per heavy atom. The smallest absolute Gasteiger partial charge is 0.0443 e. The molecule has 0 aliphatic carbocycles. The Morgan fingerprint density at radius 3 is 2.75 bits per heavy atom. The average molecular weight is 238 g/mol. The van der Waals surface area contributed by atoms with E-state index in [4.69, 9.17) is 0 Å². The van der Waals surface area contributed by atoms with Gasteiger partial charge in [0.1, 0.15) is 0 Å². The van der Waals surface area contributed by atoms with E-state index in [0.717, 1.165) is 13.1 Å². The molecule has 0 bridgehead atoms. The predicted octanol–water partition coefficient (Wildman–Crippen LogP) is 3.61. The average Bonchev–Trinajstić information content (AvgIpc) is 2.29. The van der Waals surface area contributed by atoms with E-state index < -0.39 is 0 Å². The van der Waals surface area contributed by atoms with Crippen LogP contribution >= 0.6 is 11.9 Å². The third-order valence-electron chi connectivity index (χ3n) is 2.54. The molecule has 0 radical (unpaired) electrons. The number of nitrogens with one attached hydrogen (secondary N) is 1. The van der Waals surface area contributed by atoms with Crippen LogP contribution in [0.3, 0.4) is 0 Å². The molecule has 0 aromatic heterocycles. The van der Waals surface area contributed by atoms with E-state index in [9.17, 15) is 0 Å². The van der Waals surface area contributed by atoms with Gasteiger partial charge in [-0.1, -0.05) is 37.9 Å². The quantitative estimate of drug-likeness (QED) is 0.731. The zero-order valence-electron chi connectivity index (χ0n) is 10.5. The minimum Gasteiger partial charge on any atom is -0.330 e. The standard InChI is InChI=1S/C13H22N2S/c1-4-9-15(5-2)11-12-7-6-8-13(10-12)14-16-3/h6-8,10,14H,4-5,9,11H2,1-3H3. The van der Waals surface area contributed by atoms with Crippen molar-refractivity contribution in [3.63, 3.8) is 0 Å². The molecule has 0 unspecified atom stereocenters. The van der Waals surface area contributed by atoms with Crippen molar-refractivity contribution in [1.29, 1.82) is 0 Å². The molecule has 0 spiro atoms. The molecule has 1 aromatic rings. The lowest BCUT2D eigenvalue weighted by atomic mass is 10.2. The molecular formula is C13H22N2S. The van der Waals surface area contributed by atoms with Crippen LogP contribution in [-0.2, 0) is 6.54 Å². The molecule has 0 aliphatic rings. The summed E-state index contributed by atoms with van der Waals surface area (Å²) in [5, 5.41) is 0. The lowest BCUT2D eigenvalue weighted by Crippen LogP contribution is -2.23. The maximum absolute atomic E-state index is 3.27. The molecule has 0 fully saturated rings. The summed E-state index contributed by atoms with van der Waals surface area (Å²) in [4.78, 5) is 2.47. The molecular weight excluding hydrogens is 216 g/mol. The maximum atomic E-state index is 3.27. The summed E-state index contributed by atoms with van der Waals surface area (Å²) in [5.74, 6) is 0. The van der Waals surface area contributed by atoms with E-state index in [1.165, 1.54) is 24.2 Å². The molecule has 16 heavy (non-hydrogen) atoms. The van der Waals surface area contributed by atoms with Gasteiger partial charge in [0.2, 0.25) is 0 Å². The van der Waals surface area contributed by atoms with Gasteiger partial charge >= 0.3 is 0 Å². The first-order chi connectivity index (χ1) is 7.80. The Kier molecular flexibility index (Phi) is 6.34. The highest BCUT2D eigenvalue weighted by Gasteiger charge is 2.02. The summed E-state index contributed by atoms with van der Waals surface area (Å²) < 4.78 is 3.27. The van der Waals surface area contributed by atoms with Crippen molar-refractivity contribution in [1.82, 2.24) is 4.90 Å². The Hall–Kier alpha value is -0.670. The second-order valence-corrected chi connectivity index (χ2v) is 4.49. The van der Waals surface area contributed by atoms with Crippen molar-refractivity contribution in [2.45, 2.75) is 26.8 Å². The first kappa shape index (κ1) is 13.4. The van der Waals surface area contributed by atoms with E-state index in [1.807, 2.05) is 6.26 Å². The molecule has 0 saturated heterocycles. The van der Waals surface area contributed by atoms with Gasteiger partial charge in [-0.05, 0) is 37.2 Å². The van der Waals surface area contributed by atoms with Gasteiger partial charge in [0.05, 0.1) is 0 Å². The Morgan fingerprint density at radius 1 is 1.31 bits per heavy atom. The largest absolute Gasteiger partial charge is 0.330 e. The predicted molar refractivity (Wildman–Crippen MR) is 74.8 cm³/mol. The fourth-order valence-corrected chi connectivity index (χ4v) is 2.14. The van der Waals surface area contributed by atoms with Crippen LogP contribution in [0.2, 0.25) is 0 Å². The summed E-state index contributed by atoms with van der Waals surface area (Å²) in [5.41, 5.74) is 2.58. The molecule has 90 valence electrons. The van der Waals surface area contributed by atoms with Crippen molar-refractivity contribution in [3.8, 4) is 0 Å². The molecule has 0 aliphatic heterocycles. The monoisotopic (exact) mass is 238 g/mol. The van der Waals surface area contributed by atoms with Crippen molar-refractivity contribution >= 4 is 17.6 Å². The lowest BCUT2D eigenvalue weighted by Gasteiger charge is -2.19. The van der Waals surface area contributed by atoms with Crippen LogP contribution in [0.15, 0.2) is 24.3 Å². The second-order valence-electron chi connectivity index (χ2n) is 3.88. The van der Waals surface area contributed by atoms with E-state index in [1.54, 1.807) is 11.9 Å². The first-order valence-corrected chi connectivity index (χ1v) is 7.12. The molecule has 3 heteroatoms. The highest BCUT2D eigenvalue weighted by atomic mass is 32.2. The summed E-state index contributed by atoms with van der Waals surface area (Å²) in [6.45, 7) is 7.80. The van der Waals surface area contributed by atoms with Crippen molar-refractivity contribution in [3.05, 3.63) is 29.8 Å². The van der Waals surface area contributed by atoms with E-state index in [0.29, 0.717) is 0 Å². The highest BCUT2D eigenvalue weighted by molar-refractivity contribution is 7.99. The van der Waals surface area contributed by atoms with Crippen LogP contribution < -0.4 is 4.72 Å². The number of benzene rings is 1.